The summed E-state index contributed by atoms with van der Waals surface area (Å²) in [7, 11) is 1.52. The third-order valence-corrected chi connectivity index (χ3v) is 2.85. The van der Waals surface area contributed by atoms with Crippen LogP contribution in [-0.4, -0.2) is 23.3 Å². The molecular formula is C11H13IO4. The predicted molar refractivity (Wildman–Crippen MR) is 67.5 cm³/mol. The molecule has 1 rings (SSSR count). The molecule has 0 aliphatic heterocycles. The lowest BCUT2D eigenvalue weighted by Gasteiger charge is -2.14. The summed E-state index contributed by atoms with van der Waals surface area (Å²) in [4.78, 5) is 10.4. The Morgan fingerprint density at radius 3 is 2.81 bits per heavy atom. The molecule has 5 heteroatoms. The van der Waals surface area contributed by atoms with Crippen molar-refractivity contribution in [3.63, 3.8) is 0 Å². The Bertz CT molecular complexity index is 378. The van der Waals surface area contributed by atoms with Gasteiger partial charge in [0.25, 0.3) is 0 Å². The zero-order valence-corrected chi connectivity index (χ0v) is 11.0. The maximum Gasteiger partial charge on any atom is 0.303 e. The fraction of sp³-hybridized carbons (Fsp3) is 0.364. The van der Waals surface area contributed by atoms with Crippen LogP contribution in [-0.2, 0) is 4.79 Å². The minimum atomic E-state index is -0.913. The van der Waals surface area contributed by atoms with E-state index in [-0.39, 0.29) is 12.8 Å². The molecule has 2 N–H and O–H groups in total. The van der Waals surface area contributed by atoms with Crippen molar-refractivity contribution in [1.29, 1.82) is 0 Å². The summed E-state index contributed by atoms with van der Waals surface area (Å²) in [5.41, 5.74) is 0.635. The average molecular weight is 336 g/mol. The number of aliphatic carboxylic acids is 1. The Balaban J connectivity index is 2.84. The van der Waals surface area contributed by atoms with Crippen molar-refractivity contribution in [1.82, 2.24) is 0 Å². The van der Waals surface area contributed by atoms with E-state index in [1.807, 2.05) is 6.07 Å². The molecule has 1 atom stereocenters. The Labute approximate surface area is 107 Å². The van der Waals surface area contributed by atoms with Gasteiger partial charge in [-0.15, -0.1) is 0 Å². The summed E-state index contributed by atoms with van der Waals surface area (Å²) in [5.74, 6) is -0.332. The Kier molecular flexibility index (Phi) is 5.01. The monoisotopic (exact) mass is 336 g/mol. The fourth-order valence-corrected chi connectivity index (χ4v) is 1.90. The van der Waals surface area contributed by atoms with Gasteiger partial charge in [0.2, 0.25) is 0 Å². The van der Waals surface area contributed by atoms with Gasteiger partial charge in [0, 0.05) is 15.6 Å². The van der Waals surface area contributed by atoms with E-state index >= 15 is 0 Å². The van der Waals surface area contributed by atoms with E-state index in [9.17, 15) is 9.90 Å². The summed E-state index contributed by atoms with van der Waals surface area (Å²) in [6, 6.07) is 5.43. The second kappa shape index (κ2) is 6.05. The van der Waals surface area contributed by atoms with Crippen molar-refractivity contribution in [3.8, 4) is 5.75 Å². The van der Waals surface area contributed by atoms with Crippen LogP contribution in [0.2, 0.25) is 0 Å². The number of aliphatic hydroxyl groups excluding tert-OH is 1. The van der Waals surface area contributed by atoms with Crippen LogP contribution in [0.1, 0.15) is 24.5 Å². The third kappa shape index (κ3) is 3.64. The SMILES string of the molecule is COc1ccc(I)cc1C(O)CCC(=O)O. The molecule has 0 aliphatic rings. The molecule has 0 amide bonds. The lowest BCUT2D eigenvalue weighted by atomic mass is 10.0. The molecule has 0 bridgehead atoms. The normalized spacial score (nSPS) is 12.2. The van der Waals surface area contributed by atoms with Crippen LogP contribution in [0.25, 0.3) is 0 Å². The standard InChI is InChI=1S/C11H13IO4/c1-16-10-4-2-7(12)6-8(10)9(13)3-5-11(14)15/h2,4,6,9,13H,3,5H2,1H3,(H,14,15). The number of halogens is 1. The van der Waals surface area contributed by atoms with E-state index in [0.717, 1.165) is 3.57 Å². The number of ether oxygens (including phenoxy) is 1. The molecule has 1 aromatic carbocycles. The average Bonchev–Trinajstić information content (AvgIpc) is 2.25. The molecule has 1 unspecified atom stereocenters. The molecule has 0 saturated heterocycles. The molecule has 0 fully saturated rings. The summed E-state index contributed by atoms with van der Waals surface area (Å²) in [6.45, 7) is 0. The van der Waals surface area contributed by atoms with Gasteiger partial charge in [-0.05, 0) is 47.2 Å². The van der Waals surface area contributed by atoms with Crippen LogP contribution in [0, 0.1) is 3.57 Å². The first-order valence-electron chi connectivity index (χ1n) is 4.78. The number of hydrogen-bond donors (Lipinski definition) is 2. The number of benzene rings is 1. The van der Waals surface area contributed by atoms with Gasteiger partial charge in [0.05, 0.1) is 13.2 Å². The van der Waals surface area contributed by atoms with Crippen LogP contribution < -0.4 is 4.74 Å². The lowest BCUT2D eigenvalue weighted by Crippen LogP contribution is -2.04. The first-order valence-corrected chi connectivity index (χ1v) is 5.85. The van der Waals surface area contributed by atoms with Gasteiger partial charge in [-0.2, -0.15) is 0 Å². The molecule has 0 heterocycles. The van der Waals surface area contributed by atoms with Crippen LogP contribution in [0.4, 0.5) is 0 Å². The minimum Gasteiger partial charge on any atom is -0.496 e. The van der Waals surface area contributed by atoms with E-state index in [0.29, 0.717) is 11.3 Å². The molecule has 0 spiro atoms. The number of carboxylic acid groups (broad SMARTS) is 1. The largest absolute Gasteiger partial charge is 0.496 e. The topological polar surface area (TPSA) is 66.8 Å². The second-order valence-electron chi connectivity index (χ2n) is 3.33. The van der Waals surface area contributed by atoms with E-state index in [2.05, 4.69) is 22.6 Å². The zero-order valence-electron chi connectivity index (χ0n) is 8.81. The smallest absolute Gasteiger partial charge is 0.303 e. The van der Waals surface area contributed by atoms with Crippen molar-refractivity contribution in [3.05, 3.63) is 27.3 Å². The van der Waals surface area contributed by atoms with Crippen LogP contribution in [0.15, 0.2) is 18.2 Å². The van der Waals surface area contributed by atoms with Crippen LogP contribution in [0.3, 0.4) is 0 Å². The molecule has 16 heavy (non-hydrogen) atoms. The van der Waals surface area contributed by atoms with E-state index < -0.39 is 12.1 Å². The van der Waals surface area contributed by atoms with Gasteiger partial charge in [0.15, 0.2) is 0 Å². The highest BCUT2D eigenvalue weighted by Gasteiger charge is 2.14. The fourth-order valence-electron chi connectivity index (χ4n) is 1.38. The summed E-state index contributed by atoms with van der Waals surface area (Å²) in [5, 5.41) is 18.4. The van der Waals surface area contributed by atoms with Gasteiger partial charge >= 0.3 is 5.97 Å². The number of methoxy groups -OCH3 is 1. The summed E-state index contributed by atoms with van der Waals surface area (Å²) in [6.07, 6.45) is -0.678. The van der Waals surface area contributed by atoms with Gasteiger partial charge in [0.1, 0.15) is 5.75 Å². The predicted octanol–water partition coefficient (Wildman–Crippen LogP) is 2.20. The maximum atomic E-state index is 10.4. The lowest BCUT2D eigenvalue weighted by molar-refractivity contribution is -0.137. The number of hydrogen-bond acceptors (Lipinski definition) is 3. The van der Waals surface area contributed by atoms with Gasteiger partial charge in [-0.3, -0.25) is 4.79 Å². The summed E-state index contributed by atoms with van der Waals surface area (Å²) < 4.78 is 6.09. The van der Waals surface area contributed by atoms with E-state index in [1.165, 1.54) is 7.11 Å². The molecule has 0 saturated carbocycles. The Morgan fingerprint density at radius 2 is 2.25 bits per heavy atom. The molecule has 1 aromatic rings. The first kappa shape index (κ1) is 13.2. The second-order valence-corrected chi connectivity index (χ2v) is 4.58. The molecule has 4 nitrogen and oxygen atoms in total. The molecule has 0 aromatic heterocycles. The van der Waals surface area contributed by atoms with E-state index in [4.69, 9.17) is 9.84 Å². The van der Waals surface area contributed by atoms with Crippen LogP contribution >= 0.6 is 22.6 Å². The highest BCUT2D eigenvalue weighted by molar-refractivity contribution is 14.1. The quantitative estimate of drug-likeness (QED) is 0.809. The van der Waals surface area contributed by atoms with Crippen molar-refractivity contribution in [2.75, 3.05) is 7.11 Å². The van der Waals surface area contributed by atoms with Gasteiger partial charge in [-0.25, -0.2) is 0 Å². The summed E-state index contributed by atoms with van der Waals surface area (Å²) >= 11 is 2.13. The Morgan fingerprint density at radius 1 is 1.56 bits per heavy atom. The van der Waals surface area contributed by atoms with Crippen molar-refractivity contribution >= 4 is 28.6 Å². The van der Waals surface area contributed by atoms with Crippen molar-refractivity contribution < 1.29 is 19.7 Å². The van der Waals surface area contributed by atoms with Crippen molar-refractivity contribution in [2.45, 2.75) is 18.9 Å². The molecular weight excluding hydrogens is 323 g/mol. The minimum absolute atomic E-state index is 0.0597. The zero-order chi connectivity index (χ0) is 12.1. The highest BCUT2D eigenvalue weighted by Crippen LogP contribution is 2.29. The van der Waals surface area contributed by atoms with Crippen molar-refractivity contribution in [2.24, 2.45) is 0 Å². The number of aliphatic hydroxyl groups is 1. The molecule has 0 radical (unpaired) electrons. The van der Waals surface area contributed by atoms with Crippen LogP contribution in [0.5, 0.6) is 5.75 Å². The van der Waals surface area contributed by atoms with E-state index in [1.54, 1.807) is 12.1 Å². The maximum absolute atomic E-state index is 10.4. The van der Waals surface area contributed by atoms with Gasteiger partial charge < -0.3 is 14.9 Å². The van der Waals surface area contributed by atoms with Gasteiger partial charge in [-0.1, -0.05) is 0 Å². The first-order chi connectivity index (χ1) is 7.54. The third-order valence-electron chi connectivity index (χ3n) is 2.18. The number of rotatable bonds is 5. The highest BCUT2D eigenvalue weighted by atomic mass is 127. The molecule has 0 aliphatic carbocycles. The molecule has 88 valence electrons. The Hall–Kier alpha value is -0.820. The number of carbonyl (C=O) groups is 1. The number of carboxylic acids is 1.